The van der Waals surface area contributed by atoms with E-state index in [0.29, 0.717) is 0 Å². The number of hydrogen-bond acceptors (Lipinski definition) is 6. The standard InChI is InChI=1S/C16H21N5O/c1-11(2)22-16-13-6-8-21(9-7-14(13)17-10-18-16)15-5-4-12(3)19-20-15/h4-5,10-11H,6-9H2,1-3H3. The van der Waals surface area contributed by atoms with Gasteiger partial charge in [0.1, 0.15) is 6.33 Å². The van der Waals surface area contributed by atoms with E-state index in [9.17, 15) is 0 Å². The van der Waals surface area contributed by atoms with Crippen LogP contribution in [0.2, 0.25) is 0 Å². The van der Waals surface area contributed by atoms with Crippen LogP contribution in [0.5, 0.6) is 5.88 Å². The fourth-order valence-electron chi connectivity index (χ4n) is 2.61. The quantitative estimate of drug-likeness (QED) is 0.863. The highest BCUT2D eigenvalue weighted by Crippen LogP contribution is 2.24. The highest BCUT2D eigenvalue weighted by atomic mass is 16.5. The van der Waals surface area contributed by atoms with Crippen molar-refractivity contribution in [2.45, 2.75) is 39.7 Å². The van der Waals surface area contributed by atoms with Crippen LogP contribution in [0.4, 0.5) is 5.82 Å². The van der Waals surface area contributed by atoms with Crippen molar-refractivity contribution in [2.75, 3.05) is 18.0 Å². The summed E-state index contributed by atoms with van der Waals surface area (Å²) in [7, 11) is 0. The van der Waals surface area contributed by atoms with E-state index in [-0.39, 0.29) is 6.10 Å². The summed E-state index contributed by atoms with van der Waals surface area (Å²) in [6.07, 6.45) is 3.43. The second-order valence-corrected chi connectivity index (χ2v) is 5.79. The molecule has 0 fully saturated rings. The third-order valence-electron chi connectivity index (χ3n) is 3.70. The van der Waals surface area contributed by atoms with Gasteiger partial charge in [-0.25, -0.2) is 9.97 Å². The van der Waals surface area contributed by atoms with E-state index in [1.54, 1.807) is 6.33 Å². The summed E-state index contributed by atoms with van der Waals surface area (Å²) < 4.78 is 5.83. The van der Waals surface area contributed by atoms with Crippen LogP contribution in [-0.2, 0) is 12.8 Å². The van der Waals surface area contributed by atoms with E-state index in [0.717, 1.165) is 54.6 Å². The second-order valence-electron chi connectivity index (χ2n) is 5.79. The molecule has 0 saturated heterocycles. The predicted octanol–water partition coefficient (Wildman–Crippen LogP) is 1.97. The summed E-state index contributed by atoms with van der Waals surface area (Å²) in [6.45, 7) is 7.72. The molecular formula is C16H21N5O. The zero-order valence-electron chi connectivity index (χ0n) is 13.3. The second kappa shape index (κ2) is 6.25. The molecule has 6 nitrogen and oxygen atoms in total. The SMILES string of the molecule is Cc1ccc(N2CCc3ncnc(OC(C)C)c3CC2)nn1. The third-order valence-corrected chi connectivity index (χ3v) is 3.70. The summed E-state index contributed by atoms with van der Waals surface area (Å²) in [4.78, 5) is 11.0. The molecule has 0 spiro atoms. The van der Waals surface area contributed by atoms with E-state index in [2.05, 4.69) is 25.1 Å². The minimum Gasteiger partial charge on any atom is -0.475 e. The summed E-state index contributed by atoms with van der Waals surface area (Å²) in [5.74, 6) is 1.63. The van der Waals surface area contributed by atoms with Crippen molar-refractivity contribution in [3.05, 3.63) is 35.4 Å². The predicted molar refractivity (Wildman–Crippen MR) is 84.2 cm³/mol. The van der Waals surface area contributed by atoms with Crippen molar-refractivity contribution < 1.29 is 4.74 Å². The van der Waals surface area contributed by atoms with E-state index >= 15 is 0 Å². The maximum Gasteiger partial charge on any atom is 0.220 e. The molecule has 0 atom stereocenters. The lowest BCUT2D eigenvalue weighted by molar-refractivity contribution is 0.229. The average molecular weight is 299 g/mol. The van der Waals surface area contributed by atoms with Gasteiger partial charge in [-0.1, -0.05) is 0 Å². The zero-order valence-corrected chi connectivity index (χ0v) is 13.3. The Morgan fingerprint density at radius 3 is 2.64 bits per heavy atom. The van der Waals surface area contributed by atoms with Crippen molar-refractivity contribution in [1.82, 2.24) is 20.2 Å². The lowest BCUT2D eigenvalue weighted by Crippen LogP contribution is -2.27. The van der Waals surface area contributed by atoms with E-state index in [1.165, 1.54) is 0 Å². The van der Waals surface area contributed by atoms with Crippen LogP contribution in [0.3, 0.4) is 0 Å². The molecule has 0 bridgehead atoms. The van der Waals surface area contributed by atoms with Gasteiger partial charge in [0.15, 0.2) is 5.82 Å². The van der Waals surface area contributed by atoms with Crippen LogP contribution in [-0.4, -0.2) is 39.4 Å². The Labute approximate surface area is 130 Å². The Kier molecular flexibility index (Phi) is 4.18. The lowest BCUT2D eigenvalue weighted by Gasteiger charge is -2.20. The van der Waals surface area contributed by atoms with Crippen LogP contribution in [0, 0.1) is 6.92 Å². The highest BCUT2D eigenvalue weighted by Gasteiger charge is 2.20. The van der Waals surface area contributed by atoms with E-state index in [1.807, 2.05) is 32.9 Å². The van der Waals surface area contributed by atoms with Crippen molar-refractivity contribution in [3.8, 4) is 5.88 Å². The average Bonchev–Trinajstić information content (AvgIpc) is 2.71. The van der Waals surface area contributed by atoms with E-state index < -0.39 is 0 Å². The Morgan fingerprint density at radius 1 is 1.09 bits per heavy atom. The van der Waals surface area contributed by atoms with Gasteiger partial charge in [-0.15, -0.1) is 5.10 Å². The third kappa shape index (κ3) is 3.16. The number of fused-ring (bicyclic) bond motifs is 1. The maximum absolute atomic E-state index is 5.83. The van der Waals surface area contributed by atoms with Crippen molar-refractivity contribution in [3.63, 3.8) is 0 Å². The molecule has 6 heteroatoms. The molecule has 0 radical (unpaired) electrons. The van der Waals surface area contributed by atoms with Crippen LogP contribution >= 0.6 is 0 Å². The molecular weight excluding hydrogens is 278 g/mol. The molecule has 0 aromatic carbocycles. The molecule has 1 aliphatic rings. The van der Waals surface area contributed by atoms with Gasteiger partial charge in [0.2, 0.25) is 5.88 Å². The summed E-state index contributed by atoms with van der Waals surface area (Å²) >= 11 is 0. The first kappa shape index (κ1) is 14.7. The van der Waals surface area contributed by atoms with Gasteiger partial charge in [-0.2, -0.15) is 5.10 Å². The fourth-order valence-corrected chi connectivity index (χ4v) is 2.61. The van der Waals surface area contributed by atoms with Gasteiger partial charge >= 0.3 is 0 Å². The first-order valence-electron chi connectivity index (χ1n) is 7.68. The summed E-state index contributed by atoms with van der Waals surface area (Å²) in [5, 5.41) is 8.43. The van der Waals surface area contributed by atoms with Gasteiger partial charge < -0.3 is 9.64 Å². The lowest BCUT2D eigenvalue weighted by atomic mass is 10.1. The highest BCUT2D eigenvalue weighted by molar-refractivity contribution is 5.41. The molecule has 1 aliphatic heterocycles. The number of rotatable bonds is 3. The van der Waals surface area contributed by atoms with Gasteiger partial charge in [0.25, 0.3) is 0 Å². The molecule has 0 N–H and O–H groups in total. The van der Waals surface area contributed by atoms with Crippen LogP contribution in [0.1, 0.15) is 30.8 Å². The number of aromatic nitrogens is 4. The summed E-state index contributed by atoms with van der Waals surface area (Å²) in [6, 6.07) is 4.02. The topological polar surface area (TPSA) is 64.0 Å². The molecule has 2 aromatic heterocycles. The first-order chi connectivity index (χ1) is 10.6. The Bertz CT molecular complexity index is 641. The molecule has 3 heterocycles. The molecule has 0 amide bonds. The summed E-state index contributed by atoms with van der Waals surface area (Å²) in [5.41, 5.74) is 3.13. The first-order valence-corrected chi connectivity index (χ1v) is 7.68. The number of aryl methyl sites for hydroxylation is 1. The maximum atomic E-state index is 5.83. The van der Waals surface area contributed by atoms with Crippen molar-refractivity contribution in [1.29, 1.82) is 0 Å². The monoisotopic (exact) mass is 299 g/mol. The van der Waals surface area contributed by atoms with E-state index in [4.69, 9.17) is 4.74 Å². The Hall–Kier alpha value is -2.24. The van der Waals surface area contributed by atoms with Crippen LogP contribution in [0.25, 0.3) is 0 Å². The number of anilines is 1. The molecule has 116 valence electrons. The molecule has 3 rings (SSSR count). The molecule has 0 aliphatic carbocycles. The Balaban J connectivity index is 1.81. The minimum absolute atomic E-state index is 0.112. The number of nitrogens with zero attached hydrogens (tertiary/aromatic N) is 5. The van der Waals surface area contributed by atoms with Crippen molar-refractivity contribution >= 4 is 5.82 Å². The van der Waals surface area contributed by atoms with Crippen molar-refractivity contribution in [2.24, 2.45) is 0 Å². The smallest absolute Gasteiger partial charge is 0.220 e. The molecule has 0 saturated carbocycles. The Morgan fingerprint density at radius 2 is 1.91 bits per heavy atom. The van der Waals surface area contributed by atoms with Crippen LogP contribution in [0.15, 0.2) is 18.5 Å². The van der Waals surface area contributed by atoms with Gasteiger partial charge in [0, 0.05) is 25.1 Å². The molecule has 2 aromatic rings. The minimum atomic E-state index is 0.112. The largest absolute Gasteiger partial charge is 0.475 e. The number of hydrogen-bond donors (Lipinski definition) is 0. The normalized spacial score (nSPS) is 14.6. The number of ether oxygens (including phenoxy) is 1. The zero-order chi connectivity index (χ0) is 15.5. The van der Waals surface area contributed by atoms with Gasteiger partial charge in [-0.3, -0.25) is 0 Å². The fraction of sp³-hybridized carbons (Fsp3) is 0.500. The molecule has 0 unspecified atom stereocenters. The molecule has 22 heavy (non-hydrogen) atoms. The van der Waals surface area contributed by atoms with Crippen LogP contribution < -0.4 is 9.64 Å². The van der Waals surface area contributed by atoms with Gasteiger partial charge in [0.05, 0.1) is 17.5 Å². The van der Waals surface area contributed by atoms with Gasteiger partial charge in [-0.05, 0) is 39.3 Å².